The third kappa shape index (κ3) is 16.5. The van der Waals surface area contributed by atoms with E-state index in [0.717, 1.165) is 38.2 Å². The minimum atomic E-state index is -1.14. The Labute approximate surface area is 106 Å². The van der Waals surface area contributed by atoms with Crippen LogP contribution in [0.25, 0.3) is 0 Å². The molecule has 0 amide bonds. The van der Waals surface area contributed by atoms with Crippen molar-refractivity contribution in [2.24, 2.45) is 0 Å². The number of carbonyl (C=O) groups is 1. The number of hydrogen-bond acceptors (Lipinski definition) is 2. The van der Waals surface area contributed by atoms with Crippen LogP contribution in [0.5, 0.6) is 0 Å². The van der Waals surface area contributed by atoms with Crippen LogP contribution in [0, 0.1) is 0 Å². The number of halogens is 1. The SMILES string of the molecule is CC(F)CCCCCCC=CC(=O)[O-].[Ag+]. The molecular formula is C11H18AgFO2. The van der Waals surface area contributed by atoms with Crippen LogP contribution in [0.4, 0.5) is 4.39 Å². The molecule has 0 heterocycles. The summed E-state index contributed by atoms with van der Waals surface area (Å²) in [7, 11) is 0. The third-order valence-electron chi connectivity index (χ3n) is 1.98. The van der Waals surface area contributed by atoms with Gasteiger partial charge >= 0.3 is 22.4 Å². The zero-order valence-electron chi connectivity index (χ0n) is 8.97. The number of unbranched alkanes of at least 4 members (excludes halogenated alkanes) is 4. The van der Waals surface area contributed by atoms with E-state index in [1.807, 2.05) is 0 Å². The maximum Gasteiger partial charge on any atom is 1.00 e. The standard InChI is InChI=1S/C11H19FO2.Ag/c1-10(12)8-6-4-2-3-5-7-9-11(13)14;/h7,9-10H,2-6,8H2,1H3,(H,13,14);/q;+1/p-1. The first-order valence-electron chi connectivity index (χ1n) is 5.14. The van der Waals surface area contributed by atoms with Crippen molar-refractivity contribution in [2.45, 2.75) is 51.6 Å². The van der Waals surface area contributed by atoms with Crippen molar-refractivity contribution >= 4 is 5.97 Å². The van der Waals surface area contributed by atoms with Gasteiger partial charge in [0.15, 0.2) is 0 Å². The third-order valence-corrected chi connectivity index (χ3v) is 1.98. The summed E-state index contributed by atoms with van der Waals surface area (Å²) in [5.74, 6) is -1.14. The molecule has 0 spiro atoms. The van der Waals surface area contributed by atoms with Gasteiger partial charge in [0.25, 0.3) is 0 Å². The number of alkyl halides is 1. The molecule has 0 fully saturated rings. The van der Waals surface area contributed by atoms with E-state index >= 15 is 0 Å². The molecule has 15 heavy (non-hydrogen) atoms. The Balaban J connectivity index is 0. The zero-order chi connectivity index (χ0) is 10.8. The number of carboxylic acid groups (broad SMARTS) is 1. The average molecular weight is 309 g/mol. The Morgan fingerprint density at radius 3 is 2.47 bits per heavy atom. The number of rotatable bonds is 8. The van der Waals surface area contributed by atoms with Gasteiger partial charge in [-0.1, -0.05) is 25.3 Å². The summed E-state index contributed by atoms with van der Waals surface area (Å²) in [6, 6.07) is 0. The van der Waals surface area contributed by atoms with Crippen molar-refractivity contribution < 1.29 is 36.7 Å². The summed E-state index contributed by atoms with van der Waals surface area (Å²) in [6.45, 7) is 1.57. The molecule has 0 aliphatic rings. The second kappa shape index (κ2) is 12.0. The molecule has 0 aliphatic heterocycles. The van der Waals surface area contributed by atoms with Crippen LogP contribution in [-0.2, 0) is 27.2 Å². The van der Waals surface area contributed by atoms with E-state index in [1.54, 1.807) is 13.0 Å². The molecule has 92 valence electrons. The molecule has 1 unspecified atom stereocenters. The molecule has 1 atom stereocenters. The van der Waals surface area contributed by atoms with E-state index in [1.165, 1.54) is 0 Å². The van der Waals surface area contributed by atoms with Gasteiger partial charge in [-0.2, -0.15) is 0 Å². The monoisotopic (exact) mass is 308 g/mol. The quantitative estimate of drug-likeness (QED) is 0.391. The van der Waals surface area contributed by atoms with E-state index in [0.29, 0.717) is 6.42 Å². The first kappa shape index (κ1) is 17.3. The topological polar surface area (TPSA) is 40.1 Å². The first-order valence-corrected chi connectivity index (χ1v) is 5.14. The average Bonchev–Trinajstić information content (AvgIpc) is 2.08. The van der Waals surface area contributed by atoms with E-state index in [-0.39, 0.29) is 22.4 Å². The zero-order valence-corrected chi connectivity index (χ0v) is 10.5. The Bertz CT molecular complexity index is 181. The first-order chi connectivity index (χ1) is 6.63. The summed E-state index contributed by atoms with van der Waals surface area (Å²) in [5, 5.41) is 9.97. The van der Waals surface area contributed by atoms with Gasteiger partial charge in [0.1, 0.15) is 0 Å². The van der Waals surface area contributed by atoms with E-state index < -0.39 is 12.1 Å². The van der Waals surface area contributed by atoms with Crippen molar-refractivity contribution in [2.75, 3.05) is 0 Å². The molecule has 0 saturated carbocycles. The van der Waals surface area contributed by atoms with Crippen molar-refractivity contribution in [3.63, 3.8) is 0 Å². The predicted octanol–water partition coefficient (Wildman–Crippen LogP) is 1.99. The fourth-order valence-electron chi connectivity index (χ4n) is 1.22. The van der Waals surface area contributed by atoms with Gasteiger partial charge < -0.3 is 9.90 Å². The second-order valence-electron chi connectivity index (χ2n) is 3.49. The van der Waals surface area contributed by atoms with Crippen LogP contribution in [0.2, 0.25) is 0 Å². The van der Waals surface area contributed by atoms with E-state index in [9.17, 15) is 14.3 Å². The molecule has 0 saturated heterocycles. The molecular weight excluding hydrogens is 291 g/mol. The molecule has 0 aromatic carbocycles. The molecule has 4 heteroatoms. The molecule has 0 N–H and O–H groups in total. The minimum absolute atomic E-state index is 0. The van der Waals surface area contributed by atoms with Crippen LogP contribution in [0.15, 0.2) is 12.2 Å². The minimum Gasteiger partial charge on any atom is -0.545 e. The van der Waals surface area contributed by atoms with Crippen molar-refractivity contribution in [1.82, 2.24) is 0 Å². The second-order valence-corrected chi connectivity index (χ2v) is 3.49. The maximum atomic E-state index is 12.3. The Kier molecular flexibility index (Phi) is 13.8. The van der Waals surface area contributed by atoms with Gasteiger partial charge in [0, 0.05) is 0 Å². The van der Waals surface area contributed by atoms with Crippen LogP contribution in [0.1, 0.15) is 45.4 Å². The Hall–Kier alpha value is -0.120. The van der Waals surface area contributed by atoms with Crippen molar-refractivity contribution in [3.05, 3.63) is 12.2 Å². The summed E-state index contributed by atoms with van der Waals surface area (Å²) in [5.41, 5.74) is 0. The van der Waals surface area contributed by atoms with Crippen molar-refractivity contribution in [3.8, 4) is 0 Å². The Morgan fingerprint density at radius 2 is 1.93 bits per heavy atom. The summed E-state index contributed by atoms with van der Waals surface area (Å²) in [4.78, 5) is 9.97. The number of allylic oxidation sites excluding steroid dienone is 1. The van der Waals surface area contributed by atoms with Gasteiger partial charge in [0.05, 0.1) is 12.1 Å². The van der Waals surface area contributed by atoms with Gasteiger partial charge in [-0.05, 0) is 32.3 Å². The Morgan fingerprint density at radius 1 is 1.33 bits per heavy atom. The van der Waals surface area contributed by atoms with Gasteiger partial charge in [-0.15, -0.1) is 0 Å². The fourth-order valence-corrected chi connectivity index (χ4v) is 1.22. The summed E-state index contributed by atoms with van der Waals surface area (Å²) in [6.07, 6.45) is 7.29. The van der Waals surface area contributed by atoms with Gasteiger partial charge in [-0.3, -0.25) is 0 Å². The maximum absolute atomic E-state index is 12.3. The van der Waals surface area contributed by atoms with Crippen molar-refractivity contribution in [1.29, 1.82) is 0 Å². The van der Waals surface area contributed by atoms with Crippen LogP contribution < -0.4 is 5.11 Å². The molecule has 0 rings (SSSR count). The largest absolute Gasteiger partial charge is 1.00 e. The fraction of sp³-hybridized carbons (Fsp3) is 0.727. The van der Waals surface area contributed by atoms with Gasteiger partial charge in [-0.25, -0.2) is 4.39 Å². The summed E-state index contributed by atoms with van der Waals surface area (Å²) >= 11 is 0. The molecule has 0 aromatic rings. The number of carbonyl (C=O) groups excluding carboxylic acids is 1. The van der Waals surface area contributed by atoms with Crippen LogP contribution in [0.3, 0.4) is 0 Å². The normalized spacial score (nSPS) is 12.4. The smallest absolute Gasteiger partial charge is 0.545 e. The molecule has 0 aliphatic carbocycles. The summed E-state index contributed by atoms with van der Waals surface area (Å²) < 4.78 is 12.3. The van der Waals surface area contributed by atoms with E-state index in [4.69, 9.17) is 0 Å². The van der Waals surface area contributed by atoms with E-state index in [2.05, 4.69) is 0 Å². The number of hydrogen-bond donors (Lipinski definition) is 0. The number of carboxylic acids is 1. The number of aliphatic carboxylic acids is 1. The van der Waals surface area contributed by atoms with Crippen LogP contribution in [-0.4, -0.2) is 12.1 Å². The predicted molar refractivity (Wildman–Crippen MR) is 52.4 cm³/mol. The molecule has 2 nitrogen and oxygen atoms in total. The molecule has 0 bridgehead atoms. The van der Waals surface area contributed by atoms with Crippen LogP contribution >= 0.6 is 0 Å². The molecule has 0 radical (unpaired) electrons. The molecule has 0 aromatic heterocycles. The van der Waals surface area contributed by atoms with Gasteiger partial charge in [0.2, 0.25) is 0 Å².